The van der Waals surface area contributed by atoms with Crippen molar-refractivity contribution in [2.45, 2.75) is 24.8 Å². The summed E-state index contributed by atoms with van der Waals surface area (Å²) in [5.41, 5.74) is 10.2. The molecular formula is C20H23N5O3S. The van der Waals surface area contributed by atoms with Gasteiger partial charge in [-0.15, -0.1) is 0 Å². The summed E-state index contributed by atoms with van der Waals surface area (Å²) in [4.78, 5) is 4.31. The van der Waals surface area contributed by atoms with Gasteiger partial charge in [-0.2, -0.15) is 9.40 Å². The summed E-state index contributed by atoms with van der Waals surface area (Å²) in [7, 11) is -3.62. The monoisotopic (exact) mass is 413 g/mol. The molecule has 1 saturated heterocycles. The average Bonchev–Trinajstić information content (AvgIpc) is 3.20. The lowest BCUT2D eigenvalue weighted by molar-refractivity contribution is -0.00465. The lowest BCUT2D eigenvalue weighted by Crippen LogP contribution is -2.42. The first kappa shape index (κ1) is 19.6. The zero-order chi connectivity index (χ0) is 20.6. The molecule has 3 N–H and O–H groups in total. The van der Waals surface area contributed by atoms with Crippen LogP contribution in [0.1, 0.15) is 22.9 Å². The van der Waals surface area contributed by atoms with E-state index in [-0.39, 0.29) is 6.54 Å². The molecule has 3 heterocycles. The predicted octanol–water partition coefficient (Wildman–Crippen LogP) is 2.43. The second-order valence-corrected chi connectivity index (χ2v) is 9.07. The molecule has 29 heavy (non-hydrogen) atoms. The maximum absolute atomic E-state index is 13.2. The number of aryl methyl sites for hydroxylation is 2. The van der Waals surface area contributed by atoms with E-state index in [0.29, 0.717) is 23.9 Å². The number of nitrogens with two attached hydrogens (primary N) is 1. The smallest absolute Gasteiger partial charge is 0.243 e. The Morgan fingerprint density at radius 2 is 2.03 bits per heavy atom. The highest BCUT2D eigenvalue weighted by Crippen LogP contribution is 2.32. The minimum absolute atomic E-state index is 0.199. The molecular weight excluding hydrogens is 390 g/mol. The van der Waals surface area contributed by atoms with Crippen LogP contribution in [0.3, 0.4) is 0 Å². The fraction of sp³-hybridized carbons (Fsp3) is 0.300. The Labute approximate surface area is 169 Å². The van der Waals surface area contributed by atoms with E-state index >= 15 is 0 Å². The van der Waals surface area contributed by atoms with Crippen molar-refractivity contribution in [3.05, 3.63) is 59.5 Å². The number of ether oxygens (including phenoxy) is 1. The number of nitrogens with zero attached hydrogens (tertiary/aromatic N) is 3. The SMILES string of the molecule is Cc1ccc(S(=O)(=O)N2CCO[C@@H](c3[nH]ncc3-c3ccnc(N)c3)C2)cc1C. The fourth-order valence-electron chi connectivity index (χ4n) is 3.43. The summed E-state index contributed by atoms with van der Waals surface area (Å²) in [5.74, 6) is 0.401. The van der Waals surface area contributed by atoms with Gasteiger partial charge in [0, 0.05) is 24.8 Å². The molecule has 0 aliphatic carbocycles. The van der Waals surface area contributed by atoms with Crippen LogP contribution >= 0.6 is 0 Å². The number of aromatic amines is 1. The molecule has 0 unspecified atom stereocenters. The van der Waals surface area contributed by atoms with Gasteiger partial charge in [0.2, 0.25) is 10.0 Å². The summed E-state index contributed by atoms with van der Waals surface area (Å²) in [6.07, 6.45) is 2.85. The summed E-state index contributed by atoms with van der Waals surface area (Å²) >= 11 is 0. The zero-order valence-corrected chi connectivity index (χ0v) is 17.1. The lowest BCUT2D eigenvalue weighted by atomic mass is 10.0. The van der Waals surface area contributed by atoms with Crippen LogP contribution < -0.4 is 5.73 Å². The number of H-pyrrole nitrogens is 1. The van der Waals surface area contributed by atoms with E-state index in [0.717, 1.165) is 27.9 Å². The molecule has 152 valence electrons. The second kappa shape index (κ2) is 7.58. The van der Waals surface area contributed by atoms with Crippen LogP contribution in [-0.4, -0.2) is 47.6 Å². The van der Waals surface area contributed by atoms with Crippen LogP contribution in [0.25, 0.3) is 11.1 Å². The van der Waals surface area contributed by atoms with E-state index < -0.39 is 16.1 Å². The topological polar surface area (TPSA) is 114 Å². The third-order valence-corrected chi connectivity index (χ3v) is 7.09. The van der Waals surface area contributed by atoms with Gasteiger partial charge < -0.3 is 10.5 Å². The van der Waals surface area contributed by atoms with Crippen molar-refractivity contribution < 1.29 is 13.2 Å². The Kier molecular flexibility index (Phi) is 5.12. The van der Waals surface area contributed by atoms with Gasteiger partial charge in [0.1, 0.15) is 11.9 Å². The number of anilines is 1. The third kappa shape index (κ3) is 3.76. The van der Waals surface area contributed by atoms with Crippen molar-refractivity contribution in [2.24, 2.45) is 0 Å². The van der Waals surface area contributed by atoms with Crippen LogP contribution in [0.5, 0.6) is 0 Å². The molecule has 9 heteroatoms. The van der Waals surface area contributed by atoms with Gasteiger partial charge in [-0.05, 0) is 54.8 Å². The standard InChI is InChI=1S/C20H23N5O3S/c1-13-3-4-16(9-14(13)2)29(26,27)25-7-8-28-18(12-25)20-17(11-23-24-20)15-5-6-22-19(21)10-15/h3-6,9-11,18H,7-8,12H2,1-2H3,(H2,21,22)(H,23,24)/t18-/m1/s1. The second-order valence-electron chi connectivity index (χ2n) is 7.14. The van der Waals surface area contributed by atoms with Crippen molar-refractivity contribution >= 4 is 15.8 Å². The van der Waals surface area contributed by atoms with E-state index in [2.05, 4.69) is 15.2 Å². The third-order valence-electron chi connectivity index (χ3n) is 5.23. The van der Waals surface area contributed by atoms with Gasteiger partial charge in [0.05, 0.1) is 23.4 Å². The van der Waals surface area contributed by atoms with Crippen LogP contribution in [0, 0.1) is 13.8 Å². The normalized spacial score (nSPS) is 18.1. The number of rotatable bonds is 4. The molecule has 0 bridgehead atoms. The molecule has 0 radical (unpaired) electrons. The van der Waals surface area contributed by atoms with Crippen molar-refractivity contribution in [2.75, 3.05) is 25.4 Å². The number of benzene rings is 1. The number of aromatic nitrogens is 3. The molecule has 8 nitrogen and oxygen atoms in total. The summed E-state index contributed by atoms with van der Waals surface area (Å²) in [6, 6.07) is 8.79. The predicted molar refractivity (Wildman–Crippen MR) is 110 cm³/mol. The quantitative estimate of drug-likeness (QED) is 0.679. The molecule has 2 aromatic heterocycles. The molecule has 1 aliphatic heterocycles. The first-order chi connectivity index (χ1) is 13.9. The van der Waals surface area contributed by atoms with Crippen LogP contribution in [0.4, 0.5) is 5.82 Å². The van der Waals surface area contributed by atoms with Crippen molar-refractivity contribution in [3.8, 4) is 11.1 Å². The van der Waals surface area contributed by atoms with Gasteiger partial charge in [-0.25, -0.2) is 13.4 Å². The highest BCUT2D eigenvalue weighted by molar-refractivity contribution is 7.89. The zero-order valence-electron chi connectivity index (χ0n) is 16.3. The molecule has 4 rings (SSSR count). The molecule has 1 aromatic carbocycles. The van der Waals surface area contributed by atoms with Crippen molar-refractivity contribution in [3.63, 3.8) is 0 Å². The maximum atomic E-state index is 13.2. The fourth-order valence-corrected chi connectivity index (χ4v) is 4.94. The van der Waals surface area contributed by atoms with Gasteiger partial charge in [-0.1, -0.05) is 6.07 Å². The Balaban J connectivity index is 1.63. The van der Waals surface area contributed by atoms with Crippen LogP contribution in [0.2, 0.25) is 0 Å². The number of nitrogen functional groups attached to an aromatic ring is 1. The minimum Gasteiger partial charge on any atom is -0.384 e. The van der Waals surface area contributed by atoms with Gasteiger partial charge >= 0.3 is 0 Å². The molecule has 0 amide bonds. The van der Waals surface area contributed by atoms with Gasteiger partial charge in [0.15, 0.2) is 0 Å². The molecule has 3 aromatic rings. The largest absolute Gasteiger partial charge is 0.384 e. The lowest BCUT2D eigenvalue weighted by Gasteiger charge is -2.32. The highest BCUT2D eigenvalue weighted by Gasteiger charge is 2.33. The molecule has 1 fully saturated rings. The van der Waals surface area contributed by atoms with E-state index in [9.17, 15) is 8.42 Å². The Hall–Kier alpha value is -2.75. The number of pyridine rings is 1. The molecule has 1 aliphatic rings. The van der Waals surface area contributed by atoms with Crippen LogP contribution in [0.15, 0.2) is 47.6 Å². The van der Waals surface area contributed by atoms with E-state index in [1.54, 1.807) is 30.6 Å². The number of nitrogens with one attached hydrogen (secondary N) is 1. The number of morpholine rings is 1. The average molecular weight is 414 g/mol. The van der Waals surface area contributed by atoms with E-state index in [1.807, 2.05) is 26.0 Å². The summed E-state index contributed by atoms with van der Waals surface area (Å²) < 4.78 is 33.7. The van der Waals surface area contributed by atoms with E-state index in [4.69, 9.17) is 10.5 Å². The first-order valence-electron chi connectivity index (χ1n) is 9.30. The van der Waals surface area contributed by atoms with Crippen LogP contribution in [-0.2, 0) is 14.8 Å². The molecule has 0 saturated carbocycles. The van der Waals surface area contributed by atoms with Crippen molar-refractivity contribution in [1.82, 2.24) is 19.5 Å². The maximum Gasteiger partial charge on any atom is 0.243 e. The molecule has 1 atom stereocenters. The van der Waals surface area contributed by atoms with Gasteiger partial charge in [0.25, 0.3) is 0 Å². The van der Waals surface area contributed by atoms with E-state index in [1.165, 1.54) is 4.31 Å². The summed E-state index contributed by atoms with van der Waals surface area (Å²) in [5, 5.41) is 7.10. The number of sulfonamides is 1. The number of hydrogen-bond donors (Lipinski definition) is 2. The Bertz CT molecular complexity index is 1140. The van der Waals surface area contributed by atoms with Crippen molar-refractivity contribution in [1.29, 1.82) is 0 Å². The summed E-state index contributed by atoms with van der Waals surface area (Å²) in [6.45, 7) is 4.67. The highest BCUT2D eigenvalue weighted by atomic mass is 32.2. The Morgan fingerprint density at radius 3 is 2.79 bits per heavy atom. The Morgan fingerprint density at radius 1 is 1.21 bits per heavy atom. The first-order valence-corrected chi connectivity index (χ1v) is 10.7. The number of hydrogen-bond acceptors (Lipinski definition) is 6. The minimum atomic E-state index is -3.62. The van der Waals surface area contributed by atoms with Gasteiger partial charge in [-0.3, -0.25) is 5.10 Å². The molecule has 0 spiro atoms.